The van der Waals surface area contributed by atoms with E-state index in [0.29, 0.717) is 16.1 Å². The summed E-state index contributed by atoms with van der Waals surface area (Å²) in [4.78, 5) is 2.65. The molecule has 1 atom stereocenters. The maximum absolute atomic E-state index is 6.08. The van der Waals surface area contributed by atoms with Gasteiger partial charge in [0.25, 0.3) is 0 Å². The van der Waals surface area contributed by atoms with Crippen molar-refractivity contribution in [2.24, 2.45) is 5.92 Å². The van der Waals surface area contributed by atoms with Crippen LogP contribution in [-0.2, 0) is 0 Å². The molecule has 1 fully saturated rings. The Balaban J connectivity index is 1.89. The largest absolute Gasteiger partial charge is 0.312 e. The zero-order valence-corrected chi connectivity index (χ0v) is 12.9. The van der Waals surface area contributed by atoms with Crippen molar-refractivity contribution in [1.29, 1.82) is 0 Å². The number of hydrogen-bond acceptors (Lipinski definition) is 2. The zero-order valence-electron chi connectivity index (χ0n) is 10.6. The molecule has 1 aromatic heterocycles. The van der Waals surface area contributed by atoms with Gasteiger partial charge in [-0.1, -0.05) is 29.3 Å². The highest BCUT2D eigenvalue weighted by Crippen LogP contribution is 2.44. The van der Waals surface area contributed by atoms with Gasteiger partial charge in [-0.05, 0) is 55.6 Å². The first kappa shape index (κ1) is 13.4. The first-order valence-corrected chi connectivity index (χ1v) is 7.98. The van der Waals surface area contributed by atoms with Crippen LogP contribution in [0.3, 0.4) is 0 Å². The van der Waals surface area contributed by atoms with Gasteiger partial charge >= 0.3 is 0 Å². The number of rotatable bonds is 4. The molecule has 0 saturated heterocycles. The highest BCUT2D eigenvalue weighted by molar-refractivity contribution is 7.15. The van der Waals surface area contributed by atoms with Crippen molar-refractivity contribution in [2.75, 3.05) is 7.05 Å². The van der Waals surface area contributed by atoms with Crippen molar-refractivity contribution < 1.29 is 0 Å². The van der Waals surface area contributed by atoms with Gasteiger partial charge in [-0.15, -0.1) is 11.3 Å². The average molecular weight is 312 g/mol. The molecule has 0 aliphatic heterocycles. The third-order valence-corrected chi connectivity index (χ3v) is 5.50. The van der Waals surface area contributed by atoms with Crippen LogP contribution in [0.4, 0.5) is 0 Å². The van der Waals surface area contributed by atoms with Crippen molar-refractivity contribution in [2.45, 2.75) is 18.9 Å². The Morgan fingerprint density at radius 2 is 1.95 bits per heavy atom. The van der Waals surface area contributed by atoms with E-state index in [0.717, 1.165) is 11.5 Å². The van der Waals surface area contributed by atoms with Crippen molar-refractivity contribution in [3.8, 4) is 10.4 Å². The fraction of sp³-hybridized carbons (Fsp3) is 0.333. The van der Waals surface area contributed by atoms with E-state index >= 15 is 0 Å². The molecule has 1 unspecified atom stereocenters. The Labute approximate surface area is 127 Å². The molecule has 4 heteroatoms. The normalized spacial score (nSPS) is 16.6. The Hall–Kier alpha value is -0.540. The molecule has 100 valence electrons. The summed E-state index contributed by atoms with van der Waals surface area (Å²) in [5.41, 5.74) is 1.14. The van der Waals surface area contributed by atoms with Gasteiger partial charge in [0, 0.05) is 15.8 Å². The number of halogens is 2. The van der Waals surface area contributed by atoms with Crippen LogP contribution < -0.4 is 5.32 Å². The molecule has 0 radical (unpaired) electrons. The van der Waals surface area contributed by atoms with Crippen molar-refractivity contribution in [3.63, 3.8) is 0 Å². The summed E-state index contributed by atoms with van der Waals surface area (Å²) in [7, 11) is 2.04. The van der Waals surface area contributed by atoms with Gasteiger partial charge < -0.3 is 5.32 Å². The molecule has 19 heavy (non-hydrogen) atoms. The first-order valence-electron chi connectivity index (χ1n) is 6.41. The molecule has 3 rings (SSSR count). The van der Waals surface area contributed by atoms with E-state index < -0.39 is 0 Å². The molecule has 2 aromatic rings. The minimum atomic E-state index is 0.501. The van der Waals surface area contributed by atoms with Gasteiger partial charge in [0.1, 0.15) is 0 Å². The van der Waals surface area contributed by atoms with Gasteiger partial charge in [0.05, 0.1) is 10.0 Å². The average Bonchev–Trinajstić information content (AvgIpc) is 3.11. The predicted molar refractivity (Wildman–Crippen MR) is 84.3 cm³/mol. The second-order valence-electron chi connectivity index (χ2n) is 4.93. The maximum atomic E-state index is 6.08. The molecular formula is C15H15Cl2NS. The molecule has 1 aromatic carbocycles. The van der Waals surface area contributed by atoms with Gasteiger partial charge in [-0.25, -0.2) is 0 Å². The fourth-order valence-electron chi connectivity index (χ4n) is 2.36. The van der Waals surface area contributed by atoms with Crippen LogP contribution in [0.15, 0.2) is 30.3 Å². The van der Waals surface area contributed by atoms with E-state index in [1.54, 1.807) is 0 Å². The van der Waals surface area contributed by atoms with Gasteiger partial charge in [0.2, 0.25) is 0 Å². The zero-order chi connectivity index (χ0) is 13.4. The fourth-order valence-corrected chi connectivity index (χ4v) is 3.87. The second-order valence-corrected chi connectivity index (χ2v) is 6.86. The SMILES string of the molecule is CNC(c1ccc(-c2ccc(Cl)c(Cl)c2)s1)C1CC1. The third kappa shape index (κ3) is 2.82. The van der Waals surface area contributed by atoms with Crippen LogP contribution in [0.5, 0.6) is 0 Å². The van der Waals surface area contributed by atoms with Gasteiger partial charge in [-0.2, -0.15) is 0 Å². The van der Waals surface area contributed by atoms with Crippen molar-refractivity contribution in [3.05, 3.63) is 45.3 Å². The Morgan fingerprint density at radius 1 is 1.16 bits per heavy atom. The van der Waals surface area contributed by atoms with E-state index in [1.807, 2.05) is 36.6 Å². The smallest absolute Gasteiger partial charge is 0.0598 e. The van der Waals surface area contributed by atoms with Crippen LogP contribution in [0.25, 0.3) is 10.4 Å². The molecular weight excluding hydrogens is 297 g/mol. The highest BCUT2D eigenvalue weighted by atomic mass is 35.5. The summed E-state index contributed by atoms with van der Waals surface area (Å²) in [5.74, 6) is 0.810. The van der Waals surface area contributed by atoms with Crippen molar-refractivity contribution in [1.82, 2.24) is 5.32 Å². The first-order chi connectivity index (χ1) is 9.19. The molecule has 1 N–H and O–H groups in total. The predicted octanol–water partition coefficient (Wildman–Crippen LogP) is 5.39. The lowest BCUT2D eigenvalue weighted by Gasteiger charge is -2.12. The minimum absolute atomic E-state index is 0.501. The number of thiophene rings is 1. The molecule has 1 aliphatic carbocycles. The molecule has 0 spiro atoms. The van der Waals surface area contributed by atoms with Crippen LogP contribution in [0.1, 0.15) is 23.8 Å². The van der Waals surface area contributed by atoms with E-state index in [9.17, 15) is 0 Å². The van der Waals surface area contributed by atoms with Crippen LogP contribution in [0, 0.1) is 5.92 Å². The summed E-state index contributed by atoms with van der Waals surface area (Å²) < 4.78 is 0. The molecule has 1 heterocycles. The van der Waals surface area contributed by atoms with E-state index in [2.05, 4.69) is 17.4 Å². The van der Waals surface area contributed by atoms with Crippen LogP contribution in [-0.4, -0.2) is 7.05 Å². The monoisotopic (exact) mass is 311 g/mol. The topological polar surface area (TPSA) is 12.0 Å². The Morgan fingerprint density at radius 3 is 2.58 bits per heavy atom. The molecule has 1 saturated carbocycles. The summed E-state index contributed by atoms with van der Waals surface area (Å²) in [6.45, 7) is 0. The van der Waals surface area contributed by atoms with E-state index in [4.69, 9.17) is 23.2 Å². The van der Waals surface area contributed by atoms with Crippen LogP contribution >= 0.6 is 34.5 Å². The Kier molecular flexibility index (Phi) is 3.86. The van der Waals surface area contributed by atoms with E-state index in [-0.39, 0.29) is 0 Å². The minimum Gasteiger partial charge on any atom is -0.312 e. The van der Waals surface area contributed by atoms with Crippen molar-refractivity contribution >= 4 is 34.5 Å². The molecule has 1 nitrogen and oxygen atoms in total. The lowest BCUT2D eigenvalue weighted by Crippen LogP contribution is -2.16. The molecule has 1 aliphatic rings. The van der Waals surface area contributed by atoms with Gasteiger partial charge in [-0.3, -0.25) is 0 Å². The maximum Gasteiger partial charge on any atom is 0.0598 e. The summed E-state index contributed by atoms with van der Waals surface area (Å²) in [5, 5.41) is 4.65. The standard InChI is InChI=1S/C15H15Cl2NS/c1-18-15(9-2-3-9)14-7-6-13(19-14)10-4-5-11(16)12(17)8-10/h4-9,15,18H,2-3H2,1H3. The summed E-state index contributed by atoms with van der Waals surface area (Å²) >= 11 is 13.9. The summed E-state index contributed by atoms with van der Waals surface area (Å²) in [6, 6.07) is 10.7. The van der Waals surface area contributed by atoms with Crippen LogP contribution in [0.2, 0.25) is 10.0 Å². The molecule has 0 amide bonds. The number of hydrogen-bond donors (Lipinski definition) is 1. The number of benzene rings is 1. The lowest BCUT2D eigenvalue weighted by molar-refractivity contribution is 0.537. The Bertz CT molecular complexity index is 590. The summed E-state index contributed by atoms with van der Waals surface area (Å²) in [6.07, 6.45) is 2.68. The van der Waals surface area contributed by atoms with Gasteiger partial charge in [0.15, 0.2) is 0 Å². The number of nitrogens with one attached hydrogen (secondary N) is 1. The molecule has 0 bridgehead atoms. The third-order valence-electron chi connectivity index (χ3n) is 3.54. The van der Waals surface area contributed by atoms with E-state index in [1.165, 1.54) is 22.6 Å². The second kappa shape index (κ2) is 5.45. The lowest BCUT2D eigenvalue weighted by atomic mass is 10.1. The highest BCUT2D eigenvalue weighted by Gasteiger charge is 2.32. The quantitative estimate of drug-likeness (QED) is 0.798.